The summed E-state index contributed by atoms with van der Waals surface area (Å²) in [5, 5.41) is 8.33. The Morgan fingerprint density at radius 3 is 2.95 bits per heavy atom. The van der Waals surface area contributed by atoms with E-state index in [0.717, 1.165) is 24.7 Å². The topological polar surface area (TPSA) is 43.2 Å². The number of aromatic nitrogens is 3. The average Bonchev–Trinajstić information content (AvgIpc) is 2.96. The molecule has 4 rings (SSSR count). The Morgan fingerprint density at radius 2 is 2.05 bits per heavy atom. The van der Waals surface area contributed by atoms with Crippen LogP contribution in [0.2, 0.25) is 0 Å². The molecule has 0 unspecified atom stereocenters. The zero-order chi connectivity index (χ0) is 12.7. The second kappa shape index (κ2) is 4.87. The van der Waals surface area contributed by atoms with Gasteiger partial charge >= 0.3 is 0 Å². The number of ether oxygens (including phenoxy) is 1. The first-order valence-electron chi connectivity index (χ1n) is 7.66. The fraction of sp³-hybridized carbons (Fsp3) is 0.857. The Morgan fingerprint density at radius 1 is 1.16 bits per heavy atom. The molecule has 0 bridgehead atoms. The van der Waals surface area contributed by atoms with Crippen LogP contribution in [0.3, 0.4) is 0 Å². The minimum atomic E-state index is 0.342. The zero-order valence-corrected chi connectivity index (χ0v) is 11.4. The number of piperidine rings is 1. The van der Waals surface area contributed by atoms with Crippen molar-refractivity contribution in [1.82, 2.24) is 19.9 Å². The molecule has 1 aromatic rings. The molecule has 0 spiro atoms. The molecule has 0 N–H and O–H groups in total. The number of fused-ring (bicyclic) bond motifs is 3. The van der Waals surface area contributed by atoms with Gasteiger partial charge in [-0.1, -0.05) is 24.5 Å². The Balaban J connectivity index is 1.52. The lowest BCUT2D eigenvalue weighted by atomic mass is 9.91. The van der Waals surface area contributed by atoms with Gasteiger partial charge in [0.1, 0.15) is 0 Å². The number of likely N-dealkylation sites (tertiary alicyclic amines) is 1. The van der Waals surface area contributed by atoms with E-state index in [1.807, 2.05) is 6.20 Å². The first-order chi connectivity index (χ1) is 9.42. The van der Waals surface area contributed by atoms with E-state index in [2.05, 4.69) is 19.9 Å². The minimum Gasteiger partial charge on any atom is -0.370 e. The Kier molecular flexibility index (Phi) is 3.04. The minimum absolute atomic E-state index is 0.342. The molecule has 0 radical (unpaired) electrons. The molecule has 1 aromatic heterocycles. The van der Waals surface area contributed by atoms with Gasteiger partial charge in [-0.2, -0.15) is 0 Å². The number of nitrogens with zero attached hydrogens (tertiary/aromatic N) is 4. The van der Waals surface area contributed by atoms with Gasteiger partial charge in [0.15, 0.2) is 0 Å². The van der Waals surface area contributed by atoms with Crippen LogP contribution in [-0.2, 0) is 11.3 Å². The predicted molar refractivity (Wildman–Crippen MR) is 70.7 cm³/mol. The highest BCUT2D eigenvalue weighted by molar-refractivity contribution is 5.01. The molecule has 2 aliphatic heterocycles. The molecule has 19 heavy (non-hydrogen) atoms. The maximum absolute atomic E-state index is 5.97. The van der Waals surface area contributed by atoms with Gasteiger partial charge in [0.2, 0.25) is 0 Å². The third kappa shape index (κ3) is 2.09. The summed E-state index contributed by atoms with van der Waals surface area (Å²) in [5.41, 5.74) is 1.13. The Bertz CT molecular complexity index is 440. The summed E-state index contributed by atoms with van der Waals surface area (Å²) >= 11 is 0. The van der Waals surface area contributed by atoms with Crippen LogP contribution in [0.15, 0.2) is 6.20 Å². The van der Waals surface area contributed by atoms with Crippen molar-refractivity contribution in [3.8, 4) is 0 Å². The lowest BCUT2D eigenvalue weighted by Gasteiger charge is -2.44. The molecule has 3 aliphatic rings. The largest absolute Gasteiger partial charge is 0.370 e. The Hall–Kier alpha value is -0.940. The highest BCUT2D eigenvalue weighted by Crippen LogP contribution is 2.33. The summed E-state index contributed by atoms with van der Waals surface area (Å²) in [6.07, 6.45) is 10.3. The summed E-state index contributed by atoms with van der Waals surface area (Å²) < 4.78 is 8.09. The first kappa shape index (κ1) is 11.9. The van der Waals surface area contributed by atoms with Gasteiger partial charge in [-0.25, -0.2) is 4.68 Å². The van der Waals surface area contributed by atoms with E-state index >= 15 is 0 Å². The fourth-order valence-electron chi connectivity index (χ4n) is 3.98. The second-order valence-corrected chi connectivity index (χ2v) is 6.16. The third-order valence-electron chi connectivity index (χ3n) is 5.05. The van der Waals surface area contributed by atoms with Crippen molar-refractivity contribution >= 4 is 0 Å². The van der Waals surface area contributed by atoms with Gasteiger partial charge in [-0.15, -0.1) is 5.10 Å². The van der Waals surface area contributed by atoms with Crippen LogP contribution >= 0.6 is 0 Å². The molecular formula is C14H22N4O. The van der Waals surface area contributed by atoms with Crippen LogP contribution < -0.4 is 0 Å². The van der Waals surface area contributed by atoms with Crippen molar-refractivity contribution in [3.05, 3.63) is 11.9 Å². The quantitative estimate of drug-likeness (QED) is 0.773. The fourth-order valence-corrected chi connectivity index (χ4v) is 3.98. The summed E-state index contributed by atoms with van der Waals surface area (Å²) in [6, 6.07) is 1.17. The van der Waals surface area contributed by atoms with Crippen molar-refractivity contribution in [3.63, 3.8) is 0 Å². The summed E-state index contributed by atoms with van der Waals surface area (Å²) in [7, 11) is 0. The molecule has 2 fully saturated rings. The molecule has 0 amide bonds. The van der Waals surface area contributed by atoms with E-state index in [0.29, 0.717) is 18.8 Å². The predicted octanol–water partition coefficient (Wildman–Crippen LogP) is 1.76. The molecule has 3 heterocycles. The normalized spacial score (nSPS) is 32.8. The summed E-state index contributed by atoms with van der Waals surface area (Å²) in [4.78, 5) is 2.68. The molecule has 2 atom stereocenters. The van der Waals surface area contributed by atoms with Crippen molar-refractivity contribution in [2.45, 2.75) is 63.3 Å². The van der Waals surface area contributed by atoms with Gasteiger partial charge in [0.25, 0.3) is 0 Å². The van der Waals surface area contributed by atoms with Crippen molar-refractivity contribution in [2.75, 3.05) is 13.1 Å². The van der Waals surface area contributed by atoms with E-state index in [9.17, 15) is 0 Å². The third-order valence-corrected chi connectivity index (χ3v) is 5.05. The average molecular weight is 262 g/mol. The monoisotopic (exact) mass is 262 g/mol. The van der Waals surface area contributed by atoms with E-state index in [-0.39, 0.29) is 0 Å². The van der Waals surface area contributed by atoms with Crippen molar-refractivity contribution in [1.29, 1.82) is 0 Å². The van der Waals surface area contributed by atoms with Gasteiger partial charge in [0.05, 0.1) is 30.6 Å². The molecule has 104 valence electrons. The SMILES string of the molecule is c1nnn2c1CO[C@@H]1CCN(C3CCCCC3)C[C@@H]12. The van der Waals surface area contributed by atoms with E-state index in [1.165, 1.54) is 38.6 Å². The zero-order valence-electron chi connectivity index (χ0n) is 11.4. The van der Waals surface area contributed by atoms with Gasteiger partial charge in [-0.3, -0.25) is 4.90 Å². The highest BCUT2D eigenvalue weighted by Gasteiger charge is 2.38. The van der Waals surface area contributed by atoms with Gasteiger partial charge in [0, 0.05) is 19.1 Å². The molecule has 5 nitrogen and oxygen atoms in total. The van der Waals surface area contributed by atoms with Crippen LogP contribution in [0, 0.1) is 0 Å². The maximum Gasteiger partial charge on any atom is 0.0930 e. The summed E-state index contributed by atoms with van der Waals surface area (Å²) in [6.45, 7) is 2.96. The van der Waals surface area contributed by atoms with Crippen molar-refractivity contribution in [2.24, 2.45) is 0 Å². The van der Waals surface area contributed by atoms with Crippen LogP contribution in [-0.4, -0.2) is 45.1 Å². The van der Waals surface area contributed by atoms with Crippen LogP contribution in [0.4, 0.5) is 0 Å². The highest BCUT2D eigenvalue weighted by atomic mass is 16.5. The number of rotatable bonds is 1. The van der Waals surface area contributed by atoms with Gasteiger partial charge < -0.3 is 4.74 Å². The Labute approximate surface area is 113 Å². The van der Waals surface area contributed by atoms with Crippen molar-refractivity contribution < 1.29 is 4.74 Å². The lowest BCUT2D eigenvalue weighted by Crippen LogP contribution is -2.51. The summed E-state index contributed by atoms with van der Waals surface area (Å²) in [5.74, 6) is 0. The number of hydrogen-bond donors (Lipinski definition) is 0. The molecular weight excluding hydrogens is 240 g/mol. The molecule has 1 saturated carbocycles. The maximum atomic E-state index is 5.97. The second-order valence-electron chi connectivity index (χ2n) is 6.16. The molecule has 0 aromatic carbocycles. The molecule has 1 saturated heterocycles. The van der Waals surface area contributed by atoms with E-state index in [4.69, 9.17) is 4.74 Å². The van der Waals surface area contributed by atoms with Crippen LogP contribution in [0.25, 0.3) is 0 Å². The number of hydrogen-bond acceptors (Lipinski definition) is 4. The first-order valence-corrected chi connectivity index (χ1v) is 7.66. The smallest absolute Gasteiger partial charge is 0.0930 e. The van der Waals surface area contributed by atoms with Crippen LogP contribution in [0.1, 0.15) is 50.3 Å². The lowest BCUT2D eigenvalue weighted by molar-refractivity contribution is -0.0747. The van der Waals surface area contributed by atoms with E-state index in [1.54, 1.807) is 0 Å². The molecule has 5 heteroatoms. The standard InChI is InChI=1S/C14H22N4O/c1-2-4-11(5-3-1)17-7-6-14-13(9-17)18-12(10-19-14)8-15-16-18/h8,11,13-14H,1-7,9-10H2/t13-,14+/m0/s1. The van der Waals surface area contributed by atoms with Crippen LogP contribution in [0.5, 0.6) is 0 Å². The van der Waals surface area contributed by atoms with Gasteiger partial charge in [-0.05, 0) is 19.3 Å². The van der Waals surface area contributed by atoms with E-state index < -0.39 is 0 Å². The molecule has 1 aliphatic carbocycles.